The maximum absolute atomic E-state index is 12.1. The van der Waals surface area contributed by atoms with Gasteiger partial charge < -0.3 is 20.3 Å². The second-order valence-electron chi connectivity index (χ2n) is 7.83. The van der Waals surface area contributed by atoms with Crippen LogP contribution in [0.1, 0.15) is 38.6 Å². The molecular formula is C23H31Cl2N5O2. The minimum atomic E-state index is -0.318. The number of methoxy groups -OCH3 is 1. The van der Waals surface area contributed by atoms with E-state index in [1.807, 2.05) is 19.1 Å². The fraction of sp³-hybridized carbons (Fsp3) is 0.522. The van der Waals surface area contributed by atoms with Gasteiger partial charge in [-0.15, -0.1) is 0 Å². The summed E-state index contributed by atoms with van der Waals surface area (Å²) in [5, 5.41) is 8.24. The van der Waals surface area contributed by atoms with Gasteiger partial charge in [-0.05, 0) is 44.0 Å². The van der Waals surface area contributed by atoms with E-state index in [0.29, 0.717) is 36.0 Å². The Bertz CT molecular complexity index is 956. The highest BCUT2D eigenvalue weighted by Crippen LogP contribution is 2.33. The third kappa shape index (κ3) is 5.45. The zero-order valence-electron chi connectivity index (χ0n) is 19.0. The summed E-state index contributed by atoms with van der Waals surface area (Å²) in [6.07, 6.45) is 2.10. The van der Waals surface area contributed by atoms with Gasteiger partial charge in [-0.1, -0.05) is 44.0 Å². The molecule has 0 bridgehead atoms. The number of halogens is 2. The Morgan fingerprint density at radius 2 is 1.84 bits per heavy atom. The van der Waals surface area contributed by atoms with Crippen LogP contribution in [0.25, 0.3) is 11.3 Å². The summed E-state index contributed by atoms with van der Waals surface area (Å²) in [5.74, 6) is 0.748. The Labute approximate surface area is 199 Å². The number of hydrogen-bond donors (Lipinski definition) is 2. The van der Waals surface area contributed by atoms with Crippen molar-refractivity contribution in [1.82, 2.24) is 20.2 Å². The zero-order valence-corrected chi connectivity index (χ0v) is 20.6. The molecule has 32 heavy (non-hydrogen) atoms. The topological polar surface area (TPSA) is 79.4 Å². The number of likely N-dealkylation sites (tertiary alicyclic amines) is 1. The second kappa shape index (κ2) is 11.2. The molecule has 2 atom stereocenters. The predicted octanol–water partition coefficient (Wildman–Crippen LogP) is 4.81. The minimum absolute atomic E-state index is 0.00470. The average Bonchev–Trinajstić information content (AvgIpc) is 3.19. The monoisotopic (exact) mass is 479 g/mol. The molecular weight excluding hydrogens is 449 g/mol. The van der Waals surface area contributed by atoms with E-state index in [4.69, 9.17) is 37.9 Å². The van der Waals surface area contributed by atoms with Crippen molar-refractivity contribution in [2.75, 3.05) is 32.1 Å². The van der Waals surface area contributed by atoms with E-state index in [2.05, 4.69) is 24.5 Å². The van der Waals surface area contributed by atoms with Gasteiger partial charge in [0.15, 0.2) is 0 Å². The van der Waals surface area contributed by atoms with E-state index >= 15 is 0 Å². The number of aromatic nitrogens is 2. The Morgan fingerprint density at radius 1 is 1.12 bits per heavy atom. The van der Waals surface area contributed by atoms with Crippen LogP contribution in [0, 0.1) is 0 Å². The molecule has 2 N–H and O–H groups in total. The summed E-state index contributed by atoms with van der Waals surface area (Å²) >= 11 is 12.5. The third-order valence-electron chi connectivity index (χ3n) is 5.63. The summed E-state index contributed by atoms with van der Waals surface area (Å²) in [4.78, 5) is 23.7. The van der Waals surface area contributed by atoms with Crippen LogP contribution >= 0.6 is 23.2 Å². The zero-order chi connectivity index (χ0) is 23.3. The average molecular weight is 480 g/mol. The lowest BCUT2D eigenvalue weighted by Crippen LogP contribution is -2.43. The molecule has 2 aromatic rings. The van der Waals surface area contributed by atoms with Gasteiger partial charge in [-0.3, -0.25) is 0 Å². The SMILES string of the molecule is CCCNC1CN(C(=O)OC)CC1Nc1nc(CC)c(-c2ccc(Cl)cc2Cl)nc1CC. The van der Waals surface area contributed by atoms with E-state index < -0.39 is 0 Å². The van der Waals surface area contributed by atoms with Crippen molar-refractivity contribution in [2.45, 2.75) is 52.1 Å². The van der Waals surface area contributed by atoms with Gasteiger partial charge in [-0.25, -0.2) is 14.8 Å². The van der Waals surface area contributed by atoms with Gasteiger partial charge >= 0.3 is 6.09 Å². The number of nitrogens with zero attached hydrogens (tertiary/aromatic N) is 3. The molecule has 0 spiro atoms. The van der Waals surface area contributed by atoms with Crippen LogP contribution in [-0.4, -0.2) is 59.8 Å². The Kier molecular flexibility index (Phi) is 8.57. The molecule has 0 aliphatic carbocycles. The quantitative estimate of drug-likeness (QED) is 0.565. The standard InChI is InChI=1S/C23H31Cl2N5O2/c1-5-10-26-19-12-30(23(31)32-4)13-20(19)29-22-18(7-3)27-21(17(6-2)28-22)15-9-8-14(24)11-16(15)25/h8-9,11,19-20,26H,5-7,10,12-13H2,1-4H3,(H,28,29). The number of anilines is 1. The highest BCUT2D eigenvalue weighted by molar-refractivity contribution is 6.36. The highest BCUT2D eigenvalue weighted by Gasteiger charge is 2.36. The molecule has 1 saturated heterocycles. The van der Waals surface area contributed by atoms with Crippen molar-refractivity contribution in [3.8, 4) is 11.3 Å². The molecule has 2 heterocycles. The first kappa shape index (κ1) is 24.6. The van der Waals surface area contributed by atoms with Gasteiger partial charge in [0, 0.05) is 29.7 Å². The van der Waals surface area contributed by atoms with Crippen LogP contribution in [0.4, 0.5) is 10.6 Å². The van der Waals surface area contributed by atoms with Crippen molar-refractivity contribution in [3.63, 3.8) is 0 Å². The molecule has 7 nitrogen and oxygen atoms in total. The molecule has 1 aromatic heterocycles. The molecule has 1 aromatic carbocycles. The number of carbonyl (C=O) groups excluding carboxylic acids is 1. The number of aryl methyl sites for hydroxylation is 2. The summed E-state index contributed by atoms with van der Waals surface area (Å²) < 4.78 is 4.93. The molecule has 2 unspecified atom stereocenters. The molecule has 9 heteroatoms. The van der Waals surface area contributed by atoms with Crippen LogP contribution < -0.4 is 10.6 Å². The maximum atomic E-state index is 12.1. The fourth-order valence-electron chi connectivity index (χ4n) is 3.95. The molecule has 1 aliphatic rings. The van der Waals surface area contributed by atoms with Gasteiger partial charge in [0.25, 0.3) is 0 Å². The number of rotatable bonds is 8. The molecule has 1 amide bonds. The van der Waals surface area contributed by atoms with Crippen molar-refractivity contribution in [2.24, 2.45) is 0 Å². The van der Waals surface area contributed by atoms with Gasteiger partial charge in [0.05, 0.1) is 35.3 Å². The molecule has 1 fully saturated rings. The largest absolute Gasteiger partial charge is 0.453 e. The molecule has 3 rings (SSSR count). The molecule has 0 saturated carbocycles. The van der Waals surface area contributed by atoms with Crippen molar-refractivity contribution in [1.29, 1.82) is 0 Å². The van der Waals surface area contributed by atoms with Gasteiger partial charge in [0.1, 0.15) is 5.82 Å². The van der Waals surface area contributed by atoms with E-state index in [9.17, 15) is 4.79 Å². The summed E-state index contributed by atoms with van der Waals surface area (Å²) in [6.45, 7) is 8.21. The van der Waals surface area contributed by atoms with Crippen LogP contribution in [0.5, 0.6) is 0 Å². The van der Waals surface area contributed by atoms with Crippen LogP contribution in [0.15, 0.2) is 18.2 Å². The van der Waals surface area contributed by atoms with Crippen molar-refractivity contribution < 1.29 is 9.53 Å². The summed E-state index contributed by atoms with van der Waals surface area (Å²) in [6, 6.07) is 5.51. The van der Waals surface area contributed by atoms with Crippen LogP contribution in [0.3, 0.4) is 0 Å². The number of ether oxygens (including phenoxy) is 1. The number of carbonyl (C=O) groups is 1. The van der Waals surface area contributed by atoms with Crippen molar-refractivity contribution >= 4 is 35.1 Å². The molecule has 174 valence electrons. The Morgan fingerprint density at radius 3 is 2.47 bits per heavy atom. The lowest BCUT2D eigenvalue weighted by molar-refractivity contribution is 0.132. The van der Waals surface area contributed by atoms with Crippen LogP contribution in [0.2, 0.25) is 10.0 Å². The fourth-order valence-corrected chi connectivity index (χ4v) is 4.45. The number of hydrogen-bond acceptors (Lipinski definition) is 6. The Balaban J connectivity index is 1.93. The summed E-state index contributed by atoms with van der Waals surface area (Å²) in [7, 11) is 1.41. The number of benzene rings is 1. The minimum Gasteiger partial charge on any atom is -0.453 e. The Hall–Kier alpha value is -2.09. The van der Waals surface area contributed by atoms with E-state index in [1.54, 1.807) is 11.0 Å². The van der Waals surface area contributed by atoms with E-state index in [1.165, 1.54) is 7.11 Å². The number of amides is 1. The highest BCUT2D eigenvalue weighted by atomic mass is 35.5. The van der Waals surface area contributed by atoms with E-state index in [0.717, 1.165) is 41.4 Å². The molecule has 1 aliphatic heterocycles. The normalized spacial score (nSPS) is 18.1. The predicted molar refractivity (Wildman–Crippen MR) is 130 cm³/mol. The van der Waals surface area contributed by atoms with Crippen molar-refractivity contribution in [3.05, 3.63) is 39.6 Å². The first-order valence-electron chi connectivity index (χ1n) is 11.1. The number of nitrogens with one attached hydrogen (secondary N) is 2. The first-order valence-corrected chi connectivity index (χ1v) is 11.8. The van der Waals surface area contributed by atoms with Crippen LogP contribution in [-0.2, 0) is 17.6 Å². The second-order valence-corrected chi connectivity index (χ2v) is 8.68. The van der Waals surface area contributed by atoms with Gasteiger partial charge in [0.2, 0.25) is 0 Å². The van der Waals surface area contributed by atoms with E-state index in [-0.39, 0.29) is 18.2 Å². The lowest BCUT2D eigenvalue weighted by Gasteiger charge is -2.23. The third-order valence-corrected chi connectivity index (χ3v) is 6.18. The lowest BCUT2D eigenvalue weighted by atomic mass is 10.1. The van der Waals surface area contributed by atoms with Gasteiger partial charge in [-0.2, -0.15) is 0 Å². The summed E-state index contributed by atoms with van der Waals surface area (Å²) in [5.41, 5.74) is 3.31. The maximum Gasteiger partial charge on any atom is 0.409 e. The smallest absolute Gasteiger partial charge is 0.409 e. The molecule has 0 radical (unpaired) electrons. The first-order chi connectivity index (χ1) is 15.4.